The summed E-state index contributed by atoms with van der Waals surface area (Å²) < 4.78 is 0. The Bertz CT molecular complexity index is 592. The number of hydrogen-bond donors (Lipinski definition) is 0. The van der Waals surface area contributed by atoms with Gasteiger partial charge in [-0.05, 0) is 36.5 Å². The number of non-ortho nitro benzene ring substituents is 1. The van der Waals surface area contributed by atoms with Gasteiger partial charge in [0.15, 0.2) is 5.78 Å². The molecular formula is C19H25NO3. The number of allylic oxidation sites excluding steroid dienone is 1. The number of carbonyl (C=O) groups excluding carboxylic acids is 1. The number of ketones is 1. The van der Waals surface area contributed by atoms with Crippen molar-refractivity contribution in [2.45, 2.75) is 58.3 Å². The zero-order valence-electron chi connectivity index (χ0n) is 13.8. The highest BCUT2D eigenvalue weighted by molar-refractivity contribution is 6.03. The molecule has 0 spiro atoms. The Labute approximate surface area is 137 Å². The van der Waals surface area contributed by atoms with Crippen LogP contribution in [-0.2, 0) is 4.79 Å². The standard InChI is InChI=1S/C19H25NO3/c1-2-3-4-5-6-9-16-11-12-17(19(16)21)13-15-8-7-10-18(14-15)20(22)23/h7-8,10,13-14,16H,2-6,9,11-12H2,1H3/b17-13-/t16-/m0/s1. The van der Waals surface area contributed by atoms with Gasteiger partial charge in [-0.2, -0.15) is 0 Å². The van der Waals surface area contributed by atoms with E-state index in [0.29, 0.717) is 0 Å². The second kappa shape index (κ2) is 8.61. The van der Waals surface area contributed by atoms with Crippen LogP contribution in [0.4, 0.5) is 5.69 Å². The molecule has 23 heavy (non-hydrogen) atoms. The smallest absolute Gasteiger partial charge is 0.270 e. The van der Waals surface area contributed by atoms with Gasteiger partial charge in [-0.3, -0.25) is 14.9 Å². The fourth-order valence-corrected chi connectivity index (χ4v) is 3.19. The maximum absolute atomic E-state index is 12.4. The fraction of sp³-hybridized carbons (Fsp3) is 0.526. The lowest BCUT2D eigenvalue weighted by molar-refractivity contribution is -0.384. The summed E-state index contributed by atoms with van der Waals surface area (Å²) in [6, 6.07) is 6.47. The SMILES string of the molecule is CCCCCCC[C@H]1CC/C(=C/c2cccc([N+](=O)[O-])c2)C1=O. The molecule has 0 amide bonds. The monoisotopic (exact) mass is 315 g/mol. The van der Waals surface area contributed by atoms with E-state index in [0.717, 1.165) is 36.8 Å². The maximum atomic E-state index is 12.4. The molecule has 0 aliphatic heterocycles. The van der Waals surface area contributed by atoms with Crippen LogP contribution < -0.4 is 0 Å². The number of unbranched alkanes of at least 4 members (excludes halogenated alkanes) is 4. The first-order valence-electron chi connectivity index (χ1n) is 8.61. The normalized spacial score (nSPS) is 19.4. The lowest BCUT2D eigenvalue weighted by atomic mass is 9.97. The van der Waals surface area contributed by atoms with Crippen LogP contribution in [0.1, 0.15) is 63.9 Å². The van der Waals surface area contributed by atoms with E-state index < -0.39 is 4.92 Å². The first-order chi connectivity index (χ1) is 11.1. The summed E-state index contributed by atoms with van der Waals surface area (Å²) in [5.74, 6) is 0.397. The summed E-state index contributed by atoms with van der Waals surface area (Å²) in [5, 5.41) is 10.8. The Hall–Kier alpha value is -1.97. The topological polar surface area (TPSA) is 60.2 Å². The summed E-state index contributed by atoms with van der Waals surface area (Å²) in [6.07, 6.45) is 10.6. The average Bonchev–Trinajstić information content (AvgIpc) is 2.88. The van der Waals surface area contributed by atoms with Crippen molar-refractivity contribution in [2.24, 2.45) is 5.92 Å². The number of Topliss-reactive ketones (excluding diaryl/α,β-unsaturated/α-hetero) is 1. The van der Waals surface area contributed by atoms with Crippen molar-refractivity contribution >= 4 is 17.5 Å². The molecule has 1 aliphatic rings. The van der Waals surface area contributed by atoms with Crippen LogP contribution >= 0.6 is 0 Å². The van der Waals surface area contributed by atoms with E-state index in [1.807, 2.05) is 12.1 Å². The van der Waals surface area contributed by atoms with Crippen molar-refractivity contribution in [1.29, 1.82) is 0 Å². The predicted molar refractivity (Wildman–Crippen MR) is 92.2 cm³/mol. The van der Waals surface area contributed by atoms with E-state index in [1.54, 1.807) is 6.07 Å². The van der Waals surface area contributed by atoms with Crippen LogP contribution in [0.2, 0.25) is 0 Å². The van der Waals surface area contributed by atoms with E-state index in [1.165, 1.54) is 37.8 Å². The van der Waals surface area contributed by atoms with E-state index in [2.05, 4.69) is 6.92 Å². The molecule has 1 aliphatic carbocycles. The first-order valence-corrected chi connectivity index (χ1v) is 8.61. The summed E-state index contributed by atoms with van der Waals surface area (Å²) in [6.45, 7) is 2.20. The van der Waals surface area contributed by atoms with Gasteiger partial charge >= 0.3 is 0 Å². The van der Waals surface area contributed by atoms with Gasteiger partial charge in [0.05, 0.1) is 4.92 Å². The summed E-state index contributed by atoms with van der Waals surface area (Å²) in [4.78, 5) is 22.9. The quantitative estimate of drug-likeness (QED) is 0.282. The van der Waals surface area contributed by atoms with E-state index >= 15 is 0 Å². The van der Waals surface area contributed by atoms with Gasteiger partial charge in [0, 0.05) is 18.1 Å². The number of nitro groups is 1. The number of nitro benzene ring substituents is 1. The van der Waals surface area contributed by atoms with Crippen LogP contribution in [0.25, 0.3) is 6.08 Å². The van der Waals surface area contributed by atoms with E-state index in [4.69, 9.17) is 0 Å². The van der Waals surface area contributed by atoms with Gasteiger partial charge in [-0.25, -0.2) is 0 Å². The van der Waals surface area contributed by atoms with Crippen molar-refractivity contribution in [3.8, 4) is 0 Å². The van der Waals surface area contributed by atoms with Crippen LogP contribution in [0.5, 0.6) is 0 Å². The molecule has 2 rings (SSSR count). The third-order valence-corrected chi connectivity index (χ3v) is 4.53. The Morgan fingerprint density at radius 2 is 2.04 bits per heavy atom. The molecule has 1 atom stereocenters. The molecule has 0 saturated heterocycles. The number of hydrogen-bond acceptors (Lipinski definition) is 3. The molecule has 4 nitrogen and oxygen atoms in total. The van der Waals surface area contributed by atoms with Crippen LogP contribution in [0, 0.1) is 16.0 Å². The van der Waals surface area contributed by atoms with Crippen molar-refractivity contribution in [2.75, 3.05) is 0 Å². The molecule has 1 aromatic carbocycles. The molecule has 0 aromatic heterocycles. The minimum Gasteiger partial charge on any atom is -0.294 e. The molecule has 4 heteroatoms. The summed E-state index contributed by atoms with van der Waals surface area (Å²) in [5.41, 5.74) is 1.63. The van der Waals surface area contributed by atoms with E-state index in [-0.39, 0.29) is 17.4 Å². The number of nitrogens with zero attached hydrogens (tertiary/aromatic N) is 1. The van der Waals surface area contributed by atoms with Crippen LogP contribution in [-0.4, -0.2) is 10.7 Å². The molecule has 0 unspecified atom stereocenters. The van der Waals surface area contributed by atoms with Crippen molar-refractivity contribution in [1.82, 2.24) is 0 Å². The Kier molecular flexibility index (Phi) is 6.51. The minimum absolute atomic E-state index is 0.0669. The zero-order valence-corrected chi connectivity index (χ0v) is 13.8. The Morgan fingerprint density at radius 3 is 2.78 bits per heavy atom. The Morgan fingerprint density at radius 1 is 1.26 bits per heavy atom. The summed E-state index contributed by atoms with van der Waals surface area (Å²) >= 11 is 0. The third-order valence-electron chi connectivity index (χ3n) is 4.53. The molecule has 0 radical (unpaired) electrons. The highest BCUT2D eigenvalue weighted by atomic mass is 16.6. The number of carbonyl (C=O) groups is 1. The second-order valence-electron chi connectivity index (χ2n) is 6.32. The largest absolute Gasteiger partial charge is 0.294 e. The highest BCUT2D eigenvalue weighted by Gasteiger charge is 2.28. The molecule has 1 saturated carbocycles. The van der Waals surface area contributed by atoms with Gasteiger partial charge in [-0.1, -0.05) is 51.2 Å². The first kappa shape index (κ1) is 17.4. The van der Waals surface area contributed by atoms with Crippen molar-refractivity contribution in [3.05, 3.63) is 45.5 Å². The zero-order chi connectivity index (χ0) is 16.7. The van der Waals surface area contributed by atoms with Crippen LogP contribution in [0.15, 0.2) is 29.8 Å². The second-order valence-corrected chi connectivity index (χ2v) is 6.32. The highest BCUT2D eigenvalue weighted by Crippen LogP contribution is 2.32. The van der Waals surface area contributed by atoms with Crippen LogP contribution in [0.3, 0.4) is 0 Å². The van der Waals surface area contributed by atoms with Gasteiger partial charge < -0.3 is 0 Å². The maximum Gasteiger partial charge on any atom is 0.270 e. The van der Waals surface area contributed by atoms with Gasteiger partial charge in [0.2, 0.25) is 0 Å². The fourth-order valence-electron chi connectivity index (χ4n) is 3.19. The average molecular weight is 315 g/mol. The summed E-state index contributed by atoms with van der Waals surface area (Å²) in [7, 11) is 0. The molecular weight excluding hydrogens is 290 g/mol. The molecule has 0 N–H and O–H groups in total. The molecule has 124 valence electrons. The number of rotatable bonds is 8. The minimum atomic E-state index is -0.405. The van der Waals surface area contributed by atoms with E-state index in [9.17, 15) is 14.9 Å². The molecule has 0 bridgehead atoms. The molecule has 0 heterocycles. The van der Waals surface area contributed by atoms with Gasteiger partial charge in [0.25, 0.3) is 5.69 Å². The predicted octanol–water partition coefficient (Wildman–Crippen LogP) is 5.32. The van der Waals surface area contributed by atoms with Crippen molar-refractivity contribution < 1.29 is 9.72 Å². The van der Waals surface area contributed by atoms with Gasteiger partial charge in [0.1, 0.15) is 0 Å². The lowest BCUT2D eigenvalue weighted by Gasteiger charge is -2.07. The van der Waals surface area contributed by atoms with Gasteiger partial charge in [-0.15, -0.1) is 0 Å². The third kappa shape index (κ3) is 5.02. The Balaban J connectivity index is 1.93. The number of benzene rings is 1. The van der Waals surface area contributed by atoms with Crippen molar-refractivity contribution in [3.63, 3.8) is 0 Å². The lowest BCUT2D eigenvalue weighted by Crippen LogP contribution is -2.07. The molecule has 1 aromatic rings. The molecule has 1 fully saturated rings.